The van der Waals surface area contributed by atoms with Crippen LogP contribution in [0.1, 0.15) is 20.9 Å². The standard InChI is InChI=1S/C17H14N4/c1-11-4-3-5-12(2)17(11)13-6-7-15(19-10-13)16-8-14(9-18)20-21-16/h3-8,10H,1-2H3,(H,20,21)/i1D3. The second-order valence-corrected chi connectivity index (χ2v) is 4.71. The number of rotatable bonds is 2. The third-order valence-electron chi connectivity index (χ3n) is 3.29. The highest BCUT2D eigenvalue weighted by atomic mass is 15.1. The van der Waals surface area contributed by atoms with Crippen LogP contribution in [0.2, 0.25) is 0 Å². The van der Waals surface area contributed by atoms with E-state index in [0.29, 0.717) is 28.2 Å². The average molecular weight is 277 g/mol. The average Bonchev–Trinajstić information content (AvgIpc) is 3.03. The van der Waals surface area contributed by atoms with Crippen molar-refractivity contribution in [1.29, 1.82) is 5.26 Å². The van der Waals surface area contributed by atoms with E-state index in [4.69, 9.17) is 9.37 Å². The second-order valence-electron chi connectivity index (χ2n) is 4.71. The zero-order valence-electron chi connectivity index (χ0n) is 14.4. The van der Waals surface area contributed by atoms with Gasteiger partial charge in [0, 0.05) is 21.9 Å². The van der Waals surface area contributed by atoms with Crippen molar-refractivity contribution in [1.82, 2.24) is 15.2 Å². The number of aryl methyl sites for hydroxylation is 2. The monoisotopic (exact) mass is 277 g/mol. The van der Waals surface area contributed by atoms with E-state index in [9.17, 15) is 0 Å². The number of aromatic amines is 1. The van der Waals surface area contributed by atoms with Crippen molar-refractivity contribution in [2.75, 3.05) is 0 Å². The van der Waals surface area contributed by atoms with Crippen LogP contribution in [-0.4, -0.2) is 15.2 Å². The first-order valence-electron chi connectivity index (χ1n) is 7.92. The zero-order valence-corrected chi connectivity index (χ0v) is 11.4. The van der Waals surface area contributed by atoms with Gasteiger partial charge in [-0.3, -0.25) is 10.1 Å². The molecule has 21 heavy (non-hydrogen) atoms. The number of pyridine rings is 1. The molecule has 2 heterocycles. The van der Waals surface area contributed by atoms with Crippen LogP contribution in [0.4, 0.5) is 0 Å². The van der Waals surface area contributed by atoms with Gasteiger partial charge in [-0.25, -0.2) is 0 Å². The molecule has 0 aliphatic carbocycles. The molecule has 0 radical (unpaired) electrons. The lowest BCUT2D eigenvalue weighted by Gasteiger charge is -2.09. The summed E-state index contributed by atoms with van der Waals surface area (Å²) in [6, 6.07) is 12.4. The summed E-state index contributed by atoms with van der Waals surface area (Å²) in [4.78, 5) is 4.37. The molecule has 3 aromatic rings. The van der Waals surface area contributed by atoms with Crippen LogP contribution < -0.4 is 0 Å². The molecule has 0 unspecified atom stereocenters. The van der Waals surface area contributed by atoms with E-state index in [1.807, 2.05) is 25.1 Å². The molecule has 3 rings (SSSR count). The van der Waals surface area contributed by atoms with Crippen molar-refractivity contribution in [2.45, 2.75) is 13.8 Å². The molecule has 0 amide bonds. The first kappa shape index (κ1) is 9.89. The molecule has 4 nitrogen and oxygen atoms in total. The van der Waals surface area contributed by atoms with Gasteiger partial charge in [-0.1, -0.05) is 24.3 Å². The van der Waals surface area contributed by atoms with E-state index in [-0.39, 0.29) is 0 Å². The van der Waals surface area contributed by atoms with Crippen molar-refractivity contribution < 1.29 is 4.11 Å². The molecule has 0 saturated heterocycles. The van der Waals surface area contributed by atoms with Gasteiger partial charge in [0.05, 0.1) is 11.4 Å². The number of nitrogens with zero attached hydrogens (tertiary/aromatic N) is 3. The fraction of sp³-hybridized carbons (Fsp3) is 0.118. The third kappa shape index (κ3) is 2.41. The third-order valence-corrected chi connectivity index (χ3v) is 3.29. The topological polar surface area (TPSA) is 65.4 Å². The molecule has 1 aromatic carbocycles. The fourth-order valence-electron chi connectivity index (χ4n) is 2.26. The van der Waals surface area contributed by atoms with Crippen LogP contribution in [0.5, 0.6) is 0 Å². The van der Waals surface area contributed by atoms with Crippen molar-refractivity contribution in [2.24, 2.45) is 0 Å². The van der Waals surface area contributed by atoms with Gasteiger partial charge >= 0.3 is 0 Å². The SMILES string of the molecule is [2H]C([2H])([2H])c1cccc(C)c1-c1ccc(-c2cc(C#N)n[nH]2)nc1. The van der Waals surface area contributed by atoms with Crippen LogP contribution in [0.25, 0.3) is 22.5 Å². The predicted molar refractivity (Wildman–Crippen MR) is 81.4 cm³/mol. The Morgan fingerprint density at radius 3 is 2.76 bits per heavy atom. The number of aromatic nitrogens is 3. The van der Waals surface area contributed by atoms with Gasteiger partial charge in [0.2, 0.25) is 0 Å². The van der Waals surface area contributed by atoms with E-state index in [2.05, 4.69) is 15.2 Å². The van der Waals surface area contributed by atoms with Gasteiger partial charge in [0.25, 0.3) is 0 Å². The maximum Gasteiger partial charge on any atom is 0.162 e. The summed E-state index contributed by atoms with van der Waals surface area (Å²) in [5, 5.41) is 15.4. The van der Waals surface area contributed by atoms with Crippen LogP contribution in [0, 0.1) is 25.1 Å². The lowest BCUT2D eigenvalue weighted by Crippen LogP contribution is -1.90. The largest absolute Gasteiger partial charge is 0.275 e. The smallest absolute Gasteiger partial charge is 0.162 e. The summed E-state index contributed by atoms with van der Waals surface area (Å²) in [6.07, 6.45) is 1.64. The minimum atomic E-state index is -2.19. The minimum absolute atomic E-state index is 0.291. The number of hydrogen-bond acceptors (Lipinski definition) is 3. The Bertz CT molecular complexity index is 918. The lowest BCUT2D eigenvalue weighted by molar-refractivity contribution is 1.07. The first-order valence-corrected chi connectivity index (χ1v) is 6.42. The number of nitrogens with one attached hydrogen (secondary N) is 1. The molecule has 2 aromatic heterocycles. The van der Waals surface area contributed by atoms with E-state index in [1.54, 1.807) is 30.5 Å². The van der Waals surface area contributed by atoms with Crippen LogP contribution in [0.15, 0.2) is 42.6 Å². The van der Waals surface area contributed by atoms with E-state index in [1.165, 1.54) is 0 Å². The second kappa shape index (κ2) is 5.22. The summed E-state index contributed by atoms with van der Waals surface area (Å²) >= 11 is 0. The van der Waals surface area contributed by atoms with Crippen LogP contribution >= 0.6 is 0 Å². The summed E-state index contributed by atoms with van der Waals surface area (Å²) in [5.41, 5.74) is 4.17. The Morgan fingerprint density at radius 1 is 1.24 bits per heavy atom. The summed E-state index contributed by atoms with van der Waals surface area (Å²) in [6.45, 7) is -0.308. The summed E-state index contributed by atoms with van der Waals surface area (Å²) in [7, 11) is 0. The van der Waals surface area contributed by atoms with Crippen molar-refractivity contribution in [3.8, 4) is 28.6 Å². The van der Waals surface area contributed by atoms with Gasteiger partial charge in [-0.2, -0.15) is 10.4 Å². The van der Waals surface area contributed by atoms with Crippen molar-refractivity contribution in [3.05, 3.63) is 59.4 Å². The molecular formula is C17H14N4. The molecule has 4 heteroatoms. The molecule has 0 atom stereocenters. The Kier molecular flexibility index (Phi) is 2.46. The molecule has 0 saturated carbocycles. The van der Waals surface area contributed by atoms with Crippen LogP contribution in [-0.2, 0) is 0 Å². The van der Waals surface area contributed by atoms with Gasteiger partial charge in [-0.15, -0.1) is 0 Å². The quantitative estimate of drug-likeness (QED) is 0.778. The van der Waals surface area contributed by atoms with Gasteiger partial charge in [0.1, 0.15) is 6.07 Å². The molecule has 0 spiro atoms. The molecular weight excluding hydrogens is 260 g/mol. The number of nitriles is 1. The van der Waals surface area contributed by atoms with Gasteiger partial charge in [0.15, 0.2) is 5.69 Å². The van der Waals surface area contributed by atoms with E-state index < -0.39 is 6.85 Å². The highest BCUT2D eigenvalue weighted by Gasteiger charge is 2.08. The fourth-order valence-corrected chi connectivity index (χ4v) is 2.26. The van der Waals surface area contributed by atoms with Crippen LogP contribution in [0.3, 0.4) is 0 Å². The van der Waals surface area contributed by atoms with E-state index in [0.717, 1.165) is 11.1 Å². The summed E-state index contributed by atoms with van der Waals surface area (Å²) < 4.78 is 23.2. The minimum Gasteiger partial charge on any atom is -0.275 e. The Balaban J connectivity index is 2.05. The molecule has 0 bridgehead atoms. The zero-order chi connectivity index (χ0) is 17.3. The number of benzene rings is 1. The van der Waals surface area contributed by atoms with Crippen molar-refractivity contribution >= 4 is 0 Å². The molecule has 0 aliphatic heterocycles. The molecule has 1 N–H and O–H groups in total. The number of H-pyrrole nitrogens is 1. The maximum atomic E-state index is 8.82. The Hall–Kier alpha value is -2.93. The highest BCUT2D eigenvalue weighted by molar-refractivity contribution is 5.71. The van der Waals surface area contributed by atoms with Crippen molar-refractivity contribution in [3.63, 3.8) is 0 Å². The molecule has 102 valence electrons. The lowest BCUT2D eigenvalue weighted by atomic mass is 9.97. The normalized spacial score (nSPS) is 13.0. The molecule has 0 fully saturated rings. The Morgan fingerprint density at radius 2 is 2.10 bits per heavy atom. The Labute approximate surface area is 127 Å². The predicted octanol–water partition coefficient (Wildman–Crippen LogP) is 3.63. The maximum absolute atomic E-state index is 8.82. The van der Waals surface area contributed by atoms with Gasteiger partial charge in [-0.05, 0) is 36.5 Å². The first-order chi connectivity index (χ1) is 11.4. The summed E-state index contributed by atoms with van der Waals surface area (Å²) in [5.74, 6) is 0. The molecule has 0 aliphatic rings. The van der Waals surface area contributed by atoms with E-state index >= 15 is 0 Å². The van der Waals surface area contributed by atoms with Gasteiger partial charge < -0.3 is 0 Å². The highest BCUT2D eigenvalue weighted by Crippen LogP contribution is 2.27. The number of hydrogen-bond donors (Lipinski definition) is 1.